The van der Waals surface area contributed by atoms with Crippen LogP contribution in [0.1, 0.15) is 38.2 Å². The summed E-state index contributed by atoms with van der Waals surface area (Å²) in [4.78, 5) is 31.3. The molecule has 31 heavy (non-hydrogen) atoms. The van der Waals surface area contributed by atoms with Gasteiger partial charge in [0.25, 0.3) is 0 Å². The summed E-state index contributed by atoms with van der Waals surface area (Å²) in [6.45, 7) is 6.30. The van der Waals surface area contributed by atoms with Crippen LogP contribution in [0.5, 0.6) is 0 Å². The van der Waals surface area contributed by atoms with E-state index in [1.54, 1.807) is 30.0 Å². The molecular formula is C24H32ClN3O3. The van der Waals surface area contributed by atoms with Crippen molar-refractivity contribution in [1.29, 1.82) is 0 Å². The van der Waals surface area contributed by atoms with E-state index in [0.29, 0.717) is 24.7 Å². The number of nitrogens with zero attached hydrogens (tertiary/aromatic N) is 3. The Morgan fingerprint density at radius 3 is 2.74 bits per heavy atom. The molecule has 2 saturated heterocycles. The van der Waals surface area contributed by atoms with Gasteiger partial charge in [-0.15, -0.1) is 0 Å². The van der Waals surface area contributed by atoms with Crippen molar-refractivity contribution in [2.45, 2.75) is 44.8 Å². The van der Waals surface area contributed by atoms with E-state index in [-0.39, 0.29) is 23.3 Å². The van der Waals surface area contributed by atoms with E-state index < -0.39 is 6.04 Å². The van der Waals surface area contributed by atoms with Crippen LogP contribution in [0.25, 0.3) is 6.08 Å². The molecule has 0 radical (unpaired) electrons. The molecule has 2 aliphatic heterocycles. The van der Waals surface area contributed by atoms with E-state index in [1.165, 1.54) is 18.9 Å². The maximum atomic E-state index is 12.8. The Kier molecular flexibility index (Phi) is 6.70. The summed E-state index contributed by atoms with van der Waals surface area (Å²) in [5, 5.41) is 11.0. The molecule has 3 aliphatic rings. The van der Waals surface area contributed by atoms with Gasteiger partial charge in [0, 0.05) is 37.3 Å². The van der Waals surface area contributed by atoms with E-state index in [9.17, 15) is 14.7 Å². The van der Waals surface area contributed by atoms with Gasteiger partial charge < -0.3 is 19.8 Å². The number of carbonyl (C=O) groups excluding carboxylic acids is 2. The third-order valence-electron chi connectivity index (χ3n) is 7.16. The van der Waals surface area contributed by atoms with Crippen molar-refractivity contribution >= 4 is 29.5 Å². The number of piperazine rings is 1. The SMILES string of the molecule is C[C@H]1C(=O)N(CCCN2CCC3(CC3)[C@H](O)C2)CCN1C(=O)/C=C/c1cccc(Cl)c1. The fourth-order valence-electron chi connectivity index (χ4n) is 4.84. The number of aliphatic hydroxyl groups is 1. The van der Waals surface area contributed by atoms with Gasteiger partial charge in [0.1, 0.15) is 6.04 Å². The molecule has 1 aliphatic carbocycles. The highest BCUT2D eigenvalue weighted by atomic mass is 35.5. The van der Waals surface area contributed by atoms with Crippen LogP contribution >= 0.6 is 11.6 Å². The molecule has 1 saturated carbocycles. The Hall–Kier alpha value is -1.89. The highest BCUT2D eigenvalue weighted by Crippen LogP contribution is 2.53. The second-order valence-corrected chi connectivity index (χ2v) is 9.64. The van der Waals surface area contributed by atoms with Gasteiger partial charge >= 0.3 is 0 Å². The Morgan fingerprint density at radius 2 is 2.03 bits per heavy atom. The standard InChI is InChI=1S/C24H32ClN3O3/c1-18-23(31)27(12-3-11-26-13-10-24(8-9-24)21(29)17-26)14-15-28(18)22(30)7-6-19-4-2-5-20(25)16-19/h2,4-7,16,18,21,29H,3,8-15,17H2,1H3/b7-6+/t18-,21+/m0/s1. The van der Waals surface area contributed by atoms with Crippen LogP contribution in [0.4, 0.5) is 0 Å². The molecule has 2 heterocycles. The maximum absolute atomic E-state index is 12.8. The third-order valence-corrected chi connectivity index (χ3v) is 7.39. The molecule has 3 fully saturated rings. The minimum Gasteiger partial charge on any atom is -0.391 e. The van der Waals surface area contributed by atoms with E-state index in [0.717, 1.165) is 38.0 Å². The normalized spacial score (nSPS) is 26.1. The van der Waals surface area contributed by atoms with E-state index in [1.807, 2.05) is 17.0 Å². The van der Waals surface area contributed by atoms with Crippen LogP contribution in [-0.2, 0) is 9.59 Å². The fourth-order valence-corrected chi connectivity index (χ4v) is 5.03. The van der Waals surface area contributed by atoms with Gasteiger partial charge in [0.15, 0.2) is 0 Å². The Morgan fingerprint density at radius 1 is 1.23 bits per heavy atom. The Balaban J connectivity index is 1.23. The number of benzene rings is 1. The highest BCUT2D eigenvalue weighted by Gasteiger charge is 2.51. The quantitative estimate of drug-likeness (QED) is 0.684. The van der Waals surface area contributed by atoms with E-state index in [4.69, 9.17) is 11.6 Å². The van der Waals surface area contributed by atoms with Crippen LogP contribution in [-0.4, -0.2) is 83.0 Å². The van der Waals surface area contributed by atoms with Crippen molar-refractivity contribution in [1.82, 2.24) is 14.7 Å². The van der Waals surface area contributed by atoms with E-state index >= 15 is 0 Å². The zero-order chi connectivity index (χ0) is 22.0. The predicted octanol–water partition coefficient (Wildman–Crippen LogP) is 2.65. The van der Waals surface area contributed by atoms with Crippen LogP contribution in [0.2, 0.25) is 5.02 Å². The average molecular weight is 446 g/mol. The van der Waals surface area contributed by atoms with Crippen molar-refractivity contribution in [2.24, 2.45) is 5.41 Å². The van der Waals surface area contributed by atoms with Crippen LogP contribution in [0.15, 0.2) is 30.3 Å². The first-order chi connectivity index (χ1) is 14.9. The first kappa shape index (κ1) is 22.3. The first-order valence-electron chi connectivity index (χ1n) is 11.3. The third kappa shape index (κ3) is 5.13. The number of likely N-dealkylation sites (tertiary alicyclic amines) is 1. The van der Waals surface area contributed by atoms with Crippen molar-refractivity contribution < 1.29 is 14.7 Å². The molecule has 6 nitrogen and oxygen atoms in total. The van der Waals surface area contributed by atoms with Gasteiger partial charge in [0.2, 0.25) is 11.8 Å². The van der Waals surface area contributed by atoms with Crippen LogP contribution in [0.3, 0.4) is 0 Å². The molecule has 7 heteroatoms. The molecule has 0 aromatic heterocycles. The molecule has 1 aromatic rings. The lowest BCUT2D eigenvalue weighted by Gasteiger charge is -2.39. The summed E-state index contributed by atoms with van der Waals surface area (Å²) in [6.07, 6.45) is 7.37. The number of carbonyl (C=O) groups is 2. The molecule has 4 rings (SSSR count). The lowest BCUT2D eigenvalue weighted by molar-refractivity contribution is -0.148. The number of hydrogen-bond donors (Lipinski definition) is 1. The number of aliphatic hydroxyl groups excluding tert-OH is 1. The number of hydrogen-bond acceptors (Lipinski definition) is 4. The number of β-amino-alcohol motifs (C(OH)–C–C–N with tert-alkyl or cyclic N) is 1. The first-order valence-corrected chi connectivity index (χ1v) is 11.7. The van der Waals surface area contributed by atoms with Gasteiger partial charge in [-0.1, -0.05) is 23.7 Å². The van der Waals surface area contributed by atoms with Gasteiger partial charge in [0.05, 0.1) is 6.10 Å². The summed E-state index contributed by atoms with van der Waals surface area (Å²) in [6, 6.07) is 6.85. The molecule has 0 unspecified atom stereocenters. The minimum absolute atomic E-state index is 0.00590. The average Bonchev–Trinajstić information content (AvgIpc) is 3.53. The Bertz CT molecular complexity index is 854. The molecule has 0 bridgehead atoms. The summed E-state index contributed by atoms with van der Waals surface area (Å²) < 4.78 is 0. The van der Waals surface area contributed by atoms with Crippen molar-refractivity contribution in [3.63, 3.8) is 0 Å². The maximum Gasteiger partial charge on any atom is 0.247 e. The zero-order valence-corrected chi connectivity index (χ0v) is 18.9. The van der Waals surface area contributed by atoms with Crippen molar-refractivity contribution in [3.8, 4) is 0 Å². The summed E-state index contributed by atoms with van der Waals surface area (Å²) in [5.41, 5.74) is 1.08. The molecule has 1 spiro atoms. The topological polar surface area (TPSA) is 64.1 Å². The van der Waals surface area contributed by atoms with Crippen LogP contribution in [0, 0.1) is 5.41 Å². The second kappa shape index (κ2) is 9.31. The van der Waals surface area contributed by atoms with Gasteiger partial charge in [-0.3, -0.25) is 9.59 Å². The molecular weight excluding hydrogens is 414 g/mol. The zero-order valence-electron chi connectivity index (χ0n) is 18.2. The number of rotatable bonds is 6. The molecule has 2 atom stereocenters. The molecule has 1 aromatic carbocycles. The van der Waals surface area contributed by atoms with E-state index in [2.05, 4.69) is 4.90 Å². The van der Waals surface area contributed by atoms with Crippen molar-refractivity contribution in [2.75, 3.05) is 39.3 Å². The summed E-state index contributed by atoms with van der Waals surface area (Å²) in [7, 11) is 0. The number of halogens is 1. The lowest BCUT2D eigenvalue weighted by atomic mass is 9.90. The molecule has 2 amide bonds. The predicted molar refractivity (Wildman–Crippen MR) is 122 cm³/mol. The summed E-state index contributed by atoms with van der Waals surface area (Å²) >= 11 is 5.99. The number of piperidine rings is 1. The Labute approximate surface area is 189 Å². The second-order valence-electron chi connectivity index (χ2n) is 9.20. The van der Waals surface area contributed by atoms with Crippen LogP contribution < -0.4 is 0 Å². The van der Waals surface area contributed by atoms with Gasteiger partial charge in [-0.05, 0) is 74.9 Å². The number of amides is 2. The fraction of sp³-hybridized carbons (Fsp3) is 0.583. The largest absolute Gasteiger partial charge is 0.391 e. The van der Waals surface area contributed by atoms with Gasteiger partial charge in [-0.25, -0.2) is 0 Å². The molecule has 1 N–H and O–H groups in total. The minimum atomic E-state index is -0.461. The smallest absolute Gasteiger partial charge is 0.247 e. The molecule has 168 valence electrons. The van der Waals surface area contributed by atoms with Crippen molar-refractivity contribution in [3.05, 3.63) is 40.9 Å². The lowest BCUT2D eigenvalue weighted by Crippen LogP contribution is -2.57. The highest BCUT2D eigenvalue weighted by molar-refractivity contribution is 6.30. The monoisotopic (exact) mass is 445 g/mol. The van der Waals surface area contributed by atoms with Gasteiger partial charge in [-0.2, -0.15) is 0 Å². The summed E-state index contributed by atoms with van der Waals surface area (Å²) in [5.74, 6) is -0.150.